The number of nitro groups is 1. The van der Waals surface area contributed by atoms with Crippen LogP contribution in [0.5, 0.6) is 5.75 Å². The van der Waals surface area contributed by atoms with Gasteiger partial charge in [-0.2, -0.15) is 5.26 Å². The van der Waals surface area contributed by atoms with E-state index in [0.29, 0.717) is 11.0 Å². The van der Waals surface area contributed by atoms with E-state index in [2.05, 4.69) is 9.97 Å². The second-order valence-corrected chi connectivity index (χ2v) is 5.71. The Bertz CT molecular complexity index is 1110. The van der Waals surface area contributed by atoms with Crippen LogP contribution in [0.3, 0.4) is 0 Å². The van der Waals surface area contributed by atoms with Gasteiger partial charge in [-0.05, 0) is 18.2 Å². The summed E-state index contributed by atoms with van der Waals surface area (Å²) in [5, 5.41) is 30.4. The van der Waals surface area contributed by atoms with Crippen LogP contribution in [0.25, 0.3) is 16.6 Å². The molecule has 29 heavy (non-hydrogen) atoms. The number of aromatic nitrogens is 2. The van der Waals surface area contributed by atoms with Crippen LogP contribution in [0.4, 0.5) is 5.69 Å². The number of imidazole rings is 1. The van der Waals surface area contributed by atoms with E-state index in [9.17, 15) is 25.3 Å². The highest BCUT2D eigenvalue weighted by molar-refractivity contribution is 5.83. The molecule has 146 valence electrons. The van der Waals surface area contributed by atoms with Gasteiger partial charge >= 0.3 is 11.7 Å². The minimum atomic E-state index is -0.878. The van der Waals surface area contributed by atoms with Crippen molar-refractivity contribution in [3.8, 4) is 11.8 Å². The molecule has 1 heterocycles. The van der Waals surface area contributed by atoms with Crippen molar-refractivity contribution in [1.82, 2.24) is 9.97 Å². The first-order valence-electron chi connectivity index (χ1n) is 8.28. The topological polar surface area (TPSA) is 151 Å². The molecule has 0 fully saturated rings. The molecule has 3 aromatic rings. The summed E-state index contributed by atoms with van der Waals surface area (Å²) in [6, 6.07) is 14.5. The van der Waals surface area contributed by atoms with Gasteiger partial charge in [-0.15, -0.1) is 0 Å². The molecule has 0 spiro atoms. The number of nitriles is 1. The molecule has 0 bridgehead atoms. The molecule has 1 aromatic heterocycles. The number of allylic oxidation sites excluding steroid dienone is 1. The highest BCUT2D eigenvalue weighted by Gasteiger charge is 2.17. The Labute approximate surface area is 163 Å². The Morgan fingerprint density at radius 3 is 2.66 bits per heavy atom. The number of rotatable bonds is 7. The van der Waals surface area contributed by atoms with Crippen LogP contribution in [0.15, 0.2) is 54.3 Å². The molecule has 10 heteroatoms. The first-order valence-corrected chi connectivity index (χ1v) is 8.28. The molecule has 0 aliphatic rings. The molecular formula is C19H14N4O6. The lowest BCUT2D eigenvalue weighted by Crippen LogP contribution is -2.17. The number of aromatic amines is 1. The van der Waals surface area contributed by atoms with Gasteiger partial charge in [0.15, 0.2) is 23.9 Å². The number of carbonyl (C=O) groups is 1. The molecule has 0 saturated heterocycles. The number of H-pyrrole nitrogens is 1. The Morgan fingerprint density at radius 2 is 1.93 bits per heavy atom. The van der Waals surface area contributed by atoms with E-state index >= 15 is 0 Å². The van der Waals surface area contributed by atoms with Gasteiger partial charge in [-0.1, -0.05) is 24.3 Å². The zero-order valence-electron chi connectivity index (χ0n) is 14.9. The van der Waals surface area contributed by atoms with Crippen molar-refractivity contribution in [2.75, 3.05) is 13.2 Å². The van der Waals surface area contributed by atoms with Gasteiger partial charge in [-0.25, -0.2) is 9.78 Å². The van der Waals surface area contributed by atoms with Crippen molar-refractivity contribution in [1.29, 1.82) is 5.26 Å². The van der Waals surface area contributed by atoms with Gasteiger partial charge in [0, 0.05) is 6.07 Å². The number of ether oxygens (including phenoxy) is 2. The number of nitrogens with one attached hydrogen (secondary N) is 1. The highest BCUT2D eigenvalue weighted by Crippen LogP contribution is 2.25. The summed E-state index contributed by atoms with van der Waals surface area (Å²) in [6.07, 6.45) is 0. The lowest BCUT2D eigenvalue weighted by molar-refractivity contribution is -0.385. The smallest absolute Gasteiger partial charge is 0.344 e. The van der Waals surface area contributed by atoms with E-state index in [1.54, 1.807) is 24.3 Å². The number of benzene rings is 2. The SMILES string of the molecule is N#C/C(=C(/O)COC(=O)COc1ccccc1[N+](=O)[O-])c1nc2ccccc2[nH]1. The van der Waals surface area contributed by atoms with Crippen molar-refractivity contribution in [2.24, 2.45) is 0 Å². The zero-order valence-corrected chi connectivity index (χ0v) is 14.9. The highest BCUT2D eigenvalue weighted by atomic mass is 16.6. The summed E-state index contributed by atoms with van der Waals surface area (Å²) < 4.78 is 9.98. The van der Waals surface area contributed by atoms with Crippen LogP contribution in [-0.2, 0) is 9.53 Å². The van der Waals surface area contributed by atoms with Crippen molar-refractivity contribution in [3.05, 3.63) is 70.2 Å². The van der Waals surface area contributed by atoms with Crippen LogP contribution in [0, 0.1) is 21.4 Å². The third-order valence-corrected chi connectivity index (χ3v) is 3.80. The molecule has 2 N–H and O–H groups in total. The van der Waals surface area contributed by atoms with E-state index < -0.39 is 29.9 Å². The lowest BCUT2D eigenvalue weighted by atomic mass is 10.2. The molecule has 0 saturated carbocycles. The fraction of sp³-hybridized carbons (Fsp3) is 0.105. The largest absolute Gasteiger partial charge is 0.507 e. The molecular weight excluding hydrogens is 380 g/mol. The first kappa shape index (κ1) is 19.4. The molecule has 0 unspecified atom stereocenters. The maximum Gasteiger partial charge on any atom is 0.344 e. The third kappa shape index (κ3) is 4.48. The quantitative estimate of drug-likeness (QED) is 0.204. The van der Waals surface area contributed by atoms with Crippen LogP contribution in [-0.4, -0.2) is 39.2 Å². The average Bonchev–Trinajstić information content (AvgIpc) is 3.15. The zero-order chi connectivity index (χ0) is 20.8. The van der Waals surface area contributed by atoms with Crippen LogP contribution < -0.4 is 4.74 Å². The van der Waals surface area contributed by atoms with Gasteiger partial charge in [0.05, 0.1) is 16.0 Å². The molecule has 0 aliphatic carbocycles. The second-order valence-electron chi connectivity index (χ2n) is 5.71. The van der Waals surface area contributed by atoms with Gasteiger partial charge in [0.1, 0.15) is 18.2 Å². The van der Waals surface area contributed by atoms with Crippen molar-refractivity contribution >= 4 is 28.3 Å². The Balaban J connectivity index is 1.64. The first-order chi connectivity index (χ1) is 14.0. The van der Waals surface area contributed by atoms with Crippen LogP contribution >= 0.6 is 0 Å². The van der Waals surface area contributed by atoms with Crippen molar-refractivity contribution < 1.29 is 24.3 Å². The summed E-state index contributed by atoms with van der Waals surface area (Å²) in [5.74, 6) is -1.32. The number of hydrogen-bond donors (Lipinski definition) is 2. The number of aliphatic hydroxyl groups excluding tert-OH is 1. The Kier molecular flexibility index (Phi) is 5.70. The number of hydrogen-bond acceptors (Lipinski definition) is 8. The molecule has 3 rings (SSSR count). The molecule has 0 amide bonds. The summed E-state index contributed by atoms with van der Waals surface area (Å²) in [5.41, 5.74) is 0.823. The second kappa shape index (κ2) is 8.53. The van der Waals surface area contributed by atoms with Gasteiger partial charge < -0.3 is 19.6 Å². The summed E-state index contributed by atoms with van der Waals surface area (Å²) in [7, 11) is 0. The number of carbonyl (C=O) groups excluding carboxylic acids is 1. The normalized spacial score (nSPS) is 11.4. The van der Waals surface area contributed by atoms with E-state index in [0.717, 1.165) is 0 Å². The minimum Gasteiger partial charge on any atom is -0.507 e. The van der Waals surface area contributed by atoms with E-state index in [1.807, 2.05) is 6.07 Å². The number of aliphatic hydroxyl groups is 1. The number of fused-ring (bicyclic) bond motifs is 1. The third-order valence-electron chi connectivity index (χ3n) is 3.80. The summed E-state index contributed by atoms with van der Waals surface area (Å²) >= 11 is 0. The number of nitro benzene ring substituents is 1. The predicted octanol–water partition coefficient (Wildman–Crippen LogP) is 2.89. The van der Waals surface area contributed by atoms with Gasteiger partial charge in [-0.3, -0.25) is 10.1 Å². The molecule has 0 atom stereocenters. The van der Waals surface area contributed by atoms with Crippen molar-refractivity contribution in [2.45, 2.75) is 0 Å². The number of esters is 1. The predicted molar refractivity (Wildman–Crippen MR) is 101 cm³/mol. The molecule has 0 aliphatic heterocycles. The maximum absolute atomic E-state index is 11.8. The molecule has 0 radical (unpaired) electrons. The maximum atomic E-state index is 11.8. The molecule has 10 nitrogen and oxygen atoms in total. The Hall–Kier alpha value is -4.39. The van der Waals surface area contributed by atoms with Gasteiger partial charge in [0.2, 0.25) is 0 Å². The fourth-order valence-electron chi connectivity index (χ4n) is 2.45. The van der Waals surface area contributed by atoms with Gasteiger partial charge in [0.25, 0.3) is 0 Å². The monoisotopic (exact) mass is 394 g/mol. The standard InChI is InChI=1S/C19H14N4O6/c20-9-12(19-21-13-5-1-2-6-14(13)22-19)16(24)10-29-18(25)11-28-17-8-4-3-7-15(17)23(26)27/h1-8,24H,10-11H2,(H,21,22)/b16-12-. The van der Waals surface area contributed by atoms with Crippen molar-refractivity contribution in [3.63, 3.8) is 0 Å². The average molecular weight is 394 g/mol. The lowest BCUT2D eigenvalue weighted by Gasteiger charge is -2.07. The van der Waals surface area contributed by atoms with E-state index in [1.165, 1.54) is 24.3 Å². The Morgan fingerprint density at radius 1 is 1.21 bits per heavy atom. The number of nitrogens with zero attached hydrogens (tertiary/aromatic N) is 3. The fourth-order valence-corrected chi connectivity index (χ4v) is 2.45. The van der Waals surface area contributed by atoms with Crippen LogP contribution in [0.1, 0.15) is 5.82 Å². The van der Waals surface area contributed by atoms with E-state index in [4.69, 9.17) is 9.47 Å². The minimum absolute atomic E-state index is 0.0887. The number of para-hydroxylation sites is 4. The summed E-state index contributed by atoms with van der Waals surface area (Å²) in [6.45, 7) is -1.19. The van der Waals surface area contributed by atoms with Crippen LogP contribution in [0.2, 0.25) is 0 Å². The molecule has 2 aromatic carbocycles. The summed E-state index contributed by atoms with van der Waals surface area (Å²) in [4.78, 5) is 29.2. The van der Waals surface area contributed by atoms with E-state index in [-0.39, 0.29) is 22.8 Å².